The standard InChI is InChI=1S/C22H38N2O3.2C2H6/c1-17(25)19-3-5-20(6-4-19)21(26)24-13-8-18(9-14-24)7-10-22(27)11-15-23(2)16-12-22;2*1-2/h18-20,27H,3-16H2,1-2H3;2*1-2H3. The smallest absolute Gasteiger partial charge is 0.225 e. The van der Waals surface area contributed by atoms with E-state index in [9.17, 15) is 14.7 Å². The Morgan fingerprint density at radius 3 is 1.81 bits per heavy atom. The third kappa shape index (κ3) is 8.84. The van der Waals surface area contributed by atoms with E-state index in [2.05, 4.69) is 16.8 Å². The van der Waals surface area contributed by atoms with Crippen LogP contribution in [0.25, 0.3) is 0 Å². The first-order chi connectivity index (χ1) is 14.9. The summed E-state index contributed by atoms with van der Waals surface area (Å²) in [6.07, 6.45) is 9.46. The molecule has 1 N–H and O–H groups in total. The molecule has 2 saturated heterocycles. The molecule has 0 radical (unpaired) electrons. The normalized spacial score (nSPS) is 26.7. The number of rotatable bonds is 5. The number of nitrogens with zero attached hydrogens (tertiary/aromatic N) is 2. The first-order valence-electron chi connectivity index (χ1n) is 13.1. The van der Waals surface area contributed by atoms with Crippen molar-refractivity contribution < 1.29 is 14.7 Å². The van der Waals surface area contributed by atoms with Crippen molar-refractivity contribution in [1.29, 1.82) is 0 Å². The molecule has 0 bridgehead atoms. The number of ketones is 1. The molecule has 3 fully saturated rings. The first-order valence-corrected chi connectivity index (χ1v) is 13.1. The molecule has 1 amide bonds. The number of aliphatic hydroxyl groups is 1. The first kappa shape index (κ1) is 28.1. The van der Waals surface area contributed by atoms with Crippen LogP contribution in [-0.2, 0) is 9.59 Å². The Kier molecular flexibility index (Phi) is 12.9. The zero-order valence-electron chi connectivity index (χ0n) is 21.3. The van der Waals surface area contributed by atoms with Gasteiger partial charge in [-0.25, -0.2) is 0 Å². The summed E-state index contributed by atoms with van der Waals surface area (Å²) in [7, 11) is 2.12. The van der Waals surface area contributed by atoms with Crippen LogP contribution in [-0.4, -0.2) is 65.4 Å². The molecule has 2 aliphatic heterocycles. The van der Waals surface area contributed by atoms with Crippen molar-refractivity contribution in [2.75, 3.05) is 33.2 Å². The maximum atomic E-state index is 12.8. The van der Waals surface area contributed by atoms with Crippen LogP contribution in [0.1, 0.15) is 98.8 Å². The average molecular weight is 439 g/mol. The van der Waals surface area contributed by atoms with E-state index in [1.54, 1.807) is 6.92 Å². The van der Waals surface area contributed by atoms with E-state index in [0.29, 0.717) is 11.8 Å². The van der Waals surface area contributed by atoms with Gasteiger partial charge in [-0.15, -0.1) is 0 Å². The minimum atomic E-state index is -0.463. The van der Waals surface area contributed by atoms with E-state index in [-0.39, 0.29) is 17.6 Å². The van der Waals surface area contributed by atoms with Gasteiger partial charge in [-0.2, -0.15) is 0 Å². The summed E-state index contributed by atoms with van der Waals surface area (Å²) in [6, 6.07) is 0. The highest BCUT2D eigenvalue weighted by atomic mass is 16.3. The Hall–Kier alpha value is -0.940. The lowest BCUT2D eigenvalue weighted by Crippen LogP contribution is -2.44. The second kappa shape index (κ2) is 14.3. The van der Waals surface area contributed by atoms with Gasteiger partial charge in [-0.05, 0) is 84.1 Å². The topological polar surface area (TPSA) is 60.9 Å². The van der Waals surface area contributed by atoms with Crippen LogP contribution < -0.4 is 0 Å². The van der Waals surface area contributed by atoms with Crippen molar-refractivity contribution in [2.24, 2.45) is 17.8 Å². The molecule has 2 heterocycles. The lowest BCUT2D eigenvalue weighted by atomic mass is 9.79. The van der Waals surface area contributed by atoms with E-state index in [1.165, 1.54) is 0 Å². The molecular weight excluding hydrogens is 388 g/mol. The minimum Gasteiger partial charge on any atom is -0.390 e. The van der Waals surface area contributed by atoms with Crippen molar-refractivity contribution >= 4 is 11.7 Å². The van der Waals surface area contributed by atoms with Crippen LogP contribution in [0, 0.1) is 17.8 Å². The molecule has 0 atom stereocenters. The zero-order chi connectivity index (χ0) is 23.4. The molecule has 5 nitrogen and oxygen atoms in total. The Morgan fingerprint density at radius 1 is 0.839 bits per heavy atom. The van der Waals surface area contributed by atoms with Gasteiger partial charge in [0.15, 0.2) is 0 Å². The van der Waals surface area contributed by atoms with Crippen molar-refractivity contribution in [3.8, 4) is 0 Å². The van der Waals surface area contributed by atoms with Crippen LogP contribution >= 0.6 is 0 Å². The van der Waals surface area contributed by atoms with Crippen molar-refractivity contribution in [3.63, 3.8) is 0 Å². The number of carbonyl (C=O) groups is 2. The third-order valence-electron chi connectivity index (χ3n) is 7.51. The highest BCUT2D eigenvalue weighted by Gasteiger charge is 2.34. The van der Waals surface area contributed by atoms with Crippen molar-refractivity contribution in [1.82, 2.24) is 9.80 Å². The Morgan fingerprint density at radius 2 is 1.32 bits per heavy atom. The molecule has 1 aliphatic carbocycles. The van der Waals surface area contributed by atoms with Gasteiger partial charge in [0.05, 0.1) is 5.60 Å². The summed E-state index contributed by atoms with van der Waals surface area (Å²) in [5.74, 6) is 1.57. The maximum Gasteiger partial charge on any atom is 0.225 e. The average Bonchev–Trinajstić information content (AvgIpc) is 2.82. The third-order valence-corrected chi connectivity index (χ3v) is 7.51. The van der Waals surface area contributed by atoms with Crippen molar-refractivity contribution in [3.05, 3.63) is 0 Å². The molecular formula is C26H50N2O3. The zero-order valence-corrected chi connectivity index (χ0v) is 21.3. The van der Waals surface area contributed by atoms with Crippen LogP contribution in [0.15, 0.2) is 0 Å². The second-order valence-corrected chi connectivity index (χ2v) is 9.49. The van der Waals surface area contributed by atoms with E-state index in [0.717, 1.165) is 90.4 Å². The molecule has 0 unspecified atom stereocenters. The number of amides is 1. The van der Waals surface area contributed by atoms with E-state index in [4.69, 9.17) is 0 Å². The Labute approximate surface area is 191 Å². The molecule has 3 rings (SSSR count). The SMILES string of the molecule is CC.CC.CC(=O)C1CCC(C(=O)N2CCC(CCC3(O)CCN(C)CC3)CC2)CC1. The molecule has 3 aliphatic rings. The number of piperidine rings is 2. The highest BCUT2D eigenvalue weighted by molar-refractivity contribution is 5.81. The molecule has 0 spiro atoms. The number of hydrogen-bond donors (Lipinski definition) is 1. The van der Waals surface area contributed by atoms with Crippen LogP contribution in [0.4, 0.5) is 0 Å². The number of hydrogen-bond acceptors (Lipinski definition) is 4. The summed E-state index contributed by atoms with van der Waals surface area (Å²) in [5, 5.41) is 10.8. The second-order valence-electron chi connectivity index (χ2n) is 9.49. The van der Waals surface area contributed by atoms with E-state index < -0.39 is 5.60 Å². The summed E-state index contributed by atoms with van der Waals surface area (Å²) in [5.41, 5.74) is -0.463. The number of Topliss-reactive ketones (excluding diaryl/α,β-unsaturated/α-hetero) is 1. The van der Waals surface area contributed by atoms with Gasteiger partial charge < -0.3 is 14.9 Å². The monoisotopic (exact) mass is 438 g/mol. The van der Waals surface area contributed by atoms with Gasteiger partial charge in [-0.1, -0.05) is 27.7 Å². The fourth-order valence-corrected chi connectivity index (χ4v) is 5.20. The van der Waals surface area contributed by atoms with Crippen molar-refractivity contribution in [2.45, 2.75) is 104 Å². The molecule has 5 heteroatoms. The minimum absolute atomic E-state index is 0.136. The van der Waals surface area contributed by atoms with Gasteiger partial charge in [-0.3, -0.25) is 9.59 Å². The predicted molar refractivity (Wildman–Crippen MR) is 129 cm³/mol. The largest absolute Gasteiger partial charge is 0.390 e. The number of carbonyl (C=O) groups excluding carboxylic acids is 2. The summed E-state index contributed by atoms with van der Waals surface area (Å²) >= 11 is 0. The highest BCUT2D eigenvalue weighted by Crippen LogP contribution is 2.34. The Bertz CT molecular complexity index is 513. The molecule has 31 heavy (non-hydrogen) atoms. The van der Waals surface area contributed by atoms with E-state index in [1.807, 2.05) is 27.7 Å². The lowest BCUT2D eigenvalue weighted by molar-refractivity contribution is -0.139. The van der Waals surface area contributed by atoms with Gasteiger partial charge in [0.2, 0.25) is 5.91 Å². The predicted octanol–water partition coefficient (Wildman–Crippen LogP) is 4.91. The molecule has 0 aromatic carbocycles. The van der Waals surface area contributed by atoms with Gasteiger partial charge in [0.1, 0.15) is 5.78 Å². The maximum absolute atomic E-state index is 12.8. The summed E-state index contributed by atoms with van der Waals surface area (Å²) in [4.78, 5) is 28.7. The van der Waals surface area contributed by atoms with Gasteiger partial charge >= 0.3 is 0 Å². The molecule has 0 aromatic rings. The molecule has 182 valence electrons. The quantitative estimate of drug-likeness (QED) is 0.662. The van der Waals surface area contributed by atoms with Crippen LogP contribution in [0.5, 0.6) is 0 Å². The Balaban J connectivity index is 0.00000113. The lowest BCUT2D eigenvalue weighted by Gasteiger charge is -2.39. The summed E-state index contributed by atoms with van der Waals surface area (Å²) in [6.45, 7) is 13.4. The van der Waals surface area contributed by atoms with E-state index >= 15 is 0 Å². The van der Waals surface area contributed by atoms with Gasteiger partial charge in [0, 0.05) is 38.0 Å². The summed E-state index contributed by atoms with van der Waals surface area (Å²) < 4.78 is 0. The molecule has 1 saturated carbocycles. The van der Waals surface area contributed by atoms with Gasteiger partial charge in [0.25, 0.3) is 0 Å². The fraction of sp³-hybridized carbons (Fsp3) is 0.923. The fourth-order valence-electron chi connectivity index (χ4n) is 5.20. The number of likely N-dealkylation sites (tertiary alicyclic amines) is 2. The van der Waals surface area contributed by atoms with Crippen LogP contribution in [0.3, 0.4) is 0 Å². The van der Waals surface area contributed by atoms with Crippen LogP contribution in [0.2, 0.25) is 0 Å². The molecule has 0 aromatic heterocycles.